The van der Waals surface area contributed by atoms with Crippen LogP contribution in [0.3, 0.4) is 0 Å². The van der Waals surface area contributed by atoms with Crippen LogP contribution in [-0.2, 0) is 23.0 Å². The van der Waals surface area contributed by atoms with Gasteiger partial charge in [-0.25, -0.2) is 9.78 Å². The number of methoxy groups -OCH3 is 2. The van der Waals surface area contributed by atoms with Crippen LogP contribution in [-0.4, -0.2) is 71.9 Å². The van der Waals surface area contributed by atoms with E-state index in [-0.39, 0.29) is 17.3 Å². The van der Waals surface area contributed by atoms with E-state index in [2.05, 4.69) is 61.1 Å². The summed E-state index contributed by atoms with van der Waals surface area (Å²) in [7, 11) is -2.83. The highest BCUT2D eigenvalue weighted by Gasteiger charge is 2.53. The van der Waals surface area contributed by atoms with E-state index >= 15 is 0 Å². The van der Waals surface area contributed by atoms with Gasteiger partial charge in [-0.1, -0.05) is 93.6 Å². The zero-order valence-corrected chi connectivity index (χ0v) is 35.5. The number of hydrogen-bond donors (Lipinski definition) is 2. The predicted molar refractivity (Wildman–Crippen MR) is 224 cm³/mol. The number of nitrogens with one attached hydrogen (secondary N) is 1. The van der Waals surface area contributed by atoms with Crippen molar-refractivity contribution in [3.8, 4) is 33.8 Å². The molecule has 304 valence electrons. The molecule has 0 aliphatic carbocycles. The van der Waals surface area contributed by atoms with Gasteiger partial charge < -0.3 is 32.8 Å². The van der Waals surface area contributed by atoms with Crippen molar-refractivity contribution >= 4 is 22.2 Å². The van der Waals surface area contributed by atoms with Crippen LogP contribution in [0.25, 0.3) is 27.9 Å². The highest BCUT2D eigenvalue weighted by atomic mass is 31.1. The van der Waals surface area contributed by atoms with Crippen LogP contribution in [0.15, 0.2) is 114 Å². The number of nitrogens with zero attached hydrogens (tertiary/aromatic N) is 3. The van der Waals surface area contributed by atoms with E-state index in [0.717, 1.165) is 49.4 Å². The van der Waals surface area contributed by atoms with Crippen LogP contribution in [0.4, 0.5) is 0 Å². The second-order valence-electron chi connectivity index (χ2n) is 15.7. The van der Waals surface area contributed by atoms with E-state index in [1.807, 2.05) is 84.9 Å². The Hall–Kier alpha value is -4.92. The van der Waals surface area contributed by atoms with Gasteiger partial charge in [-0.3, -0.25) is 9.55 Å². The number of benzene rings is 4. The molecule has 1 aliphatic rings. The van der Waals surface area contributed by atoms with E-state index < -0.39 is 52.8 Å². The second kappa shape index (κ2) is 17.1. The number of aromatic nitrogens is 4. The number of H-pyrrole nitrogens is 1. The topological polar surface area (TPSA) is 156 Å². The van der Waals surface area contributed by atoms with Crippen molar-refractivity contribution in [1.82, 2.24) is 19.6 Å². The molecule has 0 bridgehead atoms. The van der Waals surface area contributed by atoms with Crippen molar-refractivity contribution in [2.45, 2.75) is 69.4 Å². The molecule has 1 aliphatic heterocycles. The van der Waals surface area contributed by atoms with Gasteiger partial charge in [0, 0.05) is 5.56 Å². The quantitative estimate of drug-likeness (QED) is 0.0807. The summed E-state index contributed by atoms with van der Waals surface area (Å²) in [5, 5.41) is 4.06. The van der Waals surface area contributed by atoms with Crippen LogP contribution in [0.2, 0.25) is 18.1 Å². The average Bonchev–Trinajstić information content (AvgIpc) is 3.79. The molecule has 1 fully saturated rings. The molecule has 58 heavy (non-hydrogen) atoms. The summed E-state index contributed by atoms with van der Waals surface area (Å²) >= 11 is 0. The van der Waals surface area contributed by atoms with Crippen LogP contribution in [0, 0.1) is 0 Å². The summed E-state index contributed by atoms with van der Waals surface area (Å²) in [5.74, 6) is 1.48. The minimum atomic E-state index is -3.51. The molecule has 5 atom stereocenters. The Bertz CT molecular complexity index is 2340. The third-order valence-electron chi connectivity index (χ3n) is 11.1. The number of fused-ring (bicyclic) bond motifs is 1. The molecule has 15 heteroatoms. The largest absolute Gasteiger partial charge is 0.497 e. The van der Waals surface area contributed by atoms with Crippen LogP contribution < -0.4 is 15.2 Å². The van der Waals surface area contributed by atoms with E-state index in [9.17, 15) is 14.3 Å². The fourth-order valence-electron chi connectivity index (χ4n) is 7.12. The molecule has 0 spiro atoms. The lowest BCUT2D eigenvalue weighted by Gasteiger charge is -2.40. The molecule has 0 radical (unpaired) electrons. The average molecular weight is 825 g/mol. The SMILES string of the molecule is COc1ccc(-c2ccccc2C(OC[C@H]2O[C@@H](c3cnn4c(=O)[nH]cnc34)[C@H](O[Si](C)(C)C(C)(C)C)[C@@H]2O[PH](=O)O)c2ccccc2-c2ccc(OC)cc2)cc1. The summed E-state index contributed by atoms with van der Waals surface area (Å²) < 4.78 is 51.5. The Morgan fingerprint density at radius 2 is 1.41 bits per heavy atom. The zero-order valence-electron chi connectivity index (χ0n) is 33.5. The van der Waals surface area contributed by atoms with Gasteiger partial charge in [0.2, 0.25) is 0 Å². The van der Waals surface area contributed by atoms with Gasteiger partial charge in [0.25, 0.3) is 0 Å². The minimum absolute atomic E-state index is 0.0700. The molecular formula is C43H49N4O9PSi. The smallest absolute Gasteiger partial charge is 0.349 e. The summed E-state index contributed by atoms with van der Waals surface area (Å²) in [6.07, 6.45) is -1.54. The third-order valence-corrected chi connectivity index (χ3v) is 16.1. The van der Waals surface area contributed by atoms with Crippen LogP contribution in [0.1, 0.15) is 49.7 Å². The molecule has 4 aromatic carbocycles. The predicted octanol–water partition coefficient (Wildman–Crippen LogP) is 8.17. The number of rotatable bonds is 14. The van der Waals surface area contributed by atoms with Crippen molar-refractivity contribution in [2.24, 2.45) is 0 Å². The first-order chi connectivity index (χ1) is 27.8. The monoisotopic (exact) mass is 824 g/mol. The third kappa shape index (κ3) is 8.46. The maximum absolute atomic E-state index is 12.7. The first kappa shape index (κ1) is 41.2. The highest BCUT2D eigenvalue weighted by molar-refractivity contribution is 7.32. The Labute approximate surface area is 339 Å². The van der Waals surface area contributed by atoms with Gasteiger partial charge in [0.1, 0.15) is 42.0 Å². The van der Waals surface area contributed by atoms with Crippen molar-refractivity contribution in [3.63, 3.8) is 0 Å². The normalized spacial score (nSPS) is 19.1. The fraction of sp³-hybridized carbons (Fsp3) is 0.326. The Morgan fingerprint density at radius 1 is 0.862 bits per heavy atom. The summed E-state index contributed by atoms with van der Waals surface area (Å²) in [6.45, 7) is 10.4. The molecule has 13 nitrogen and oxygen atoms in total. The summed E-state index contributed by atoms with van der Waals surface area (Å²) in [4.78, 5) is 30.0. The van der Waals surface area contributed by atoms with Gasteiger partial charge in [-0.15, -0.1) is 0 Å². The number of hydrogen-bond acceptors (Lipinski definition) is 10. The maximum Gasteiger partial charge on any atom is 0.349 e. The van der Waals surface area contributed by atoms with Gasteiger partial charge in [0.05, 0.1) is 33.4 Å². The van der Waals surface area contributed by atoms with Gasteiger partial charge >= 0.3 is 13.9 Å². The van der Waals surface area contributed by atoms with Crippen LogP contribution >= 0.6 is 8.25 Å². The van der Waals surface area contributed by atoms with Crippen molar-refractivity contribution in [2.75, 3.05) is 20.8 Å². The molecule has 2 N–H and O–H groups in total. The van der Waals surface area contributed by atoms with E-state index in [0.29, 0.717) is 5.56 Å². The zero-order chi connectivity index (χ0) is 41.2. The molecule has 3 heterocycles. The Morgan fingerprint density at radius 3 is 1.93 bits per heavy atom. The molecule has 6 aromatic rings. The molecule has 0 saturated carbocycles. The standard InChI is InChI=1S/C43H49N4O9PSi/c1-43(2,3)58(6,7)56-40-38(35-24-46-47-41(35)44-26-45-42(47)48)54-36(39(40)55-57(49)50)25-53-37(33-14-10-8-12-31(33)27-16-20-29(51-4)21-17-27)34-15-11-9-13-32(34)28-18-22-30(52-5)23-19-28/h8-24,26,36-40,57H,25H2,1-7H3,(H,49,50)(H,44,45,48)/t36-,38+,39-,40+/m1/s1. The fourth-order valence-corrected chi connectivity index (χ4v) is 8.93. The van der Waals surface area contributed by atoms with Crippen molar-refractivity contribution in [1.29, 1.82) is 0 Å². The van der Waals surface area contributed by atoms with E-state index in [1.165, 1.54) is 12.5 Å². The first-order valence-corrected chi connectivity index (χ1v) is 23.2. The maximum atomic E-state index is 12.7. The lowest BCUT2D eigenvalue weighted by molar-refractivity contribution is -0.0549. The lowest BCUT2D eigenvalue weighted by atomic mass is 9.88. The van der Waals surface area contributed by atoms with Crippen molar-refractivity contribution < 1.29 is 37.4 Å². The van der Waals surface area contributed by atoms with Gasteiger partial charge in [0.15, 0.2) is 14.0 Å². The van der Waals surface area contributed by atoms with Gasteiger partial charge in [-0.2, -0.15) is 9.61 Å². The molecule has 1 saturated heterocycles. The molecule has 7 rings (SSSR count). The number of ether oxygens (including phenoxy) is 4. The molecule has 2 aromatic heterocycles. The van der Waals surface area contributed by atoms with Crippen LogP contribution in [0.5, 0.6) is 11.5 Å². The Balaban J connectivity index is 1.34. The number of aromatic amines is 1. The highest BCUT2D eigenvalue weighted by Crippen LogP contribution is 2.47. The first-order valence-electron chi connectivity index (χ1n) is 19.0. The minimum Gasteiger partial charge on any atom is -0.497 e. The molecular weight excluding hydrogens is 776 g/mol. The Kier molecular flexibility index (Phi) is 12.2. The molecule has 1 unspecified atom stereocenters. The molecule has 0 amide bonds. The van der Waals surface area contributed by atoms with Crippen molar-refractivity contribution in [3.05, 3.63) is 137 Å². The van der Waals surface area contributed by atoms with E-state index in [1.54, 1.807) is 14.2 Å². The summed E-state index contributed by atoms with van der Waals surface area (Å²) in [6, 6.07) is 31.8. The van der Waals surface area contributed by atoms with E-state index in [4.69, 9.17) is 27.9 Å². The second-order valence-corrected chi connectivity index (χ2v) is 21.2. The van der Waals surface area contributed by atoms with Gasteiger partial charge in [-0.05, 0) is 75.8 Å². The summed E-state index contributed by atoms with van der Waals surface area (Å²) in [5.41, 5.74) is 5.86. The lowest BCUT2D eigenvalue weighted by Crippen LogP contribution is -2.48.